The van der Waals surface area contributed by atoms with E-state index in [0.29, 0.717) is 49.9 Å². The number of rotatable bonds is 4. The van der Waals surface area contributed by atoms with Gasteiger partial charge in [-0.2, -0.15) is 0 Å². The lowest BCUT2D eigenvalue weighted by molar-refractivity contribution is -0.135. The highest BCUT2D eigenvalue weighted by Gasteiger charge is 2.16. The molecule has 1 aromatic rings. The molecule has 0 aliphatic carbocycles. The smallest absolute Gasteiger partial charge is 0.251 e. The molecule has 1 N–H and O–H groups in total. The summed E-state index contributed by atoms with van der Waals surface area (Å²) in [4.78, 5) is 25.6. The largest absolute Gasteiger partial charge is 0.378 e. The molecule has 0 radical (unpaired) electrons. The van der Waals surface area contributed by atoms with E-state index in [1.807, 2.05) is 0 Å². The summed E-state index contributed by atoms with van der Waals surface area (Å²) in [6, 6.07) is 5.13. The molecule has 0 atom stereocenters. The van der Waals surface area contributed by atoms with Crippen molar-refractivity contribution in [3.05, 3.63) is 32.4 Å². The normalized spacial score (nSPS) is 14.9. The van der Waals surface area contributed by atoms with E-state index in [9.17, 15) is 9.59 Å². The van der Waals surface area contributed by atoms with E-state index in [0.717, 1.165) is 3.57 Å². The first-order valence-corrected chi connectivity index (χ1v) is 8.12. The van der Waals surface area contributed by atoms with Gasteiger partial charge in [-0.1, -0.05) is 11.6 Å². The van der Waals surface area contributed by atoms with Crippen LogP contribution in [0.4, 0.5) is 0 Å². The van der Waals surface area contributed by atoms with Crippen molar-refractivity contribution in [3.8, 4) is 0 Å². The Morgan fingerprint density at radius 3 is 2.71 bits per heavy atom. The molecule has 1 fully saturated rings. The maximum Gasteiger partial charge on any atom is 0.251 e. The van der Waals surface area contributed by atoms with E-state index in [2.05, 4.69) is 27.9 Å². The monoisotopic (exact) mass is 422 g/mol. The van der Waals surface area contributed by atoms with Crippen molar-refractivity contribution >= 4 is 46.0 Å². The van der Waals surface area contributed by atoms with Crippen molar-refractivity contribution in [2.45, 2.75) is 6.42 Å². The third-order valence-electron chi connectivity index (χ3n) is 3.17. The van der Waals surface area contributed by atoms with E-state index < -0.39 is 0 Å². The Balaban J connectivity index is 1.78. The van der Waals surface area contributed by atoms with Crippen molar-refractivity contribution in [3.63, 3.8) is 0 Å². The molecule has 0 aromatic heterocycles. The molecule has 0 spiro atoms. The number of hydrogen-bond acceptors (Lipinski definition) is 3. The molecule has 21 heavy (non-hydrogen) atoms. The number of amides is 2. The second-order valence-corrected chi connectivity index (χ2v) is 6.20. The molecule has 5 nitrogen and oxygen atoms in total. The SMILES string of the molecule is O=C(NCCC(=O)N1CCOCC1)c1ccc(I)c(Cl)c1. The van der Waals surface area contributed by atoms with Gasteiger partial charge in [0.15, 0.2) is 0 Å². The van der Waals surface area contributed by atoms with Crippen LogP contribution in [0.3, 0.4) is 0 Å². The fraction of sp³-hybridized carbons (Fsp3) is 0.429. The highest BCUT2D eigenvalue weighted by molar-refractivity contribution is 14.1. The van der Waals surface area contributed by atoms with Crippen LogP contribution in [0.15, 0.2) is 18.2 Å². The summed E-state index contributed by atoms with van der Waals surface area (Å²) in [6.07, 6.45) is 0.295. The fourth-order valence-electron chi connectivity index (χ4n) is 1.99. The zero-order valence-electron chi connectivity index (χ0n) is 11.4. The van der Waals surface area contributed by atoms with Gasteiger partial charge in [0.05, 0.1) is 18.2 Å². The van der Waals surface area contributed by atoms with Crippen LogP contribution in [-0.4, -0.2) is 49.6 Å². The number of carbonyl (C=O) groups excluding carboxylic acids is 2. The van der Waals surface area contributed by atoms with Crippen LogP contribution in [0, 0.1) is 3.57 Å². The van der Waals surface area contributed by atoms with Gasteiger partial charge >= 0.3 is 0 Å². The topological polar surface area (TPSA) is 58.6 Å². The predicted octanol–water partition coefficient (Wildman–Crippen LogP) is 1.92. The Bertz CT molecular complexity index is 533. The van der Waals surface area contributed by atoms with E-state index in [1.54, 1.807) is 23.1 Å². The molecule has 1 aliphatic heterocycles. The van der Waals surface area contributed by atoms with Crippen LogP contribution in [0.2, 0.25) is 5.02 Å². The van der Waals surface area contributed by atoms with Gasteiger partial charge in [0.1, 0.15) is 0 Å². The maximum absolute atomic E-state index is 11.9. The Hall–Kier alpha value is -0.860. The summed E-state index contributed by atoms with van der Waals surface area (Å²) < 4.78 is 6.09. The summed E-state index contributed by atoms with van der Waals surface area (Å²) in [5.74, 6) is -0.178. The Labute approximate surface area is 142 Å². The van der Waals surface area contributed by atoms with Crippen molar-refractivity contribution in [2.24, 2.45) is 0 Å². The lowest BCUT2D eigenvalue weighted by Crippen LogP contribution is -2.42. The van der Waals surface area contributed by atoms with Gasteiger partial charge in [0, 0.05) is 35.2 Å². The van der Waals surface area contributed by atoms with Crippen LogP contribution in [0.1, 0.15) is 16.8 Å². The minimum Gasteiger partial charge on any atom is -0.378 e. The minimum atomic E-state index is -0.219. The summed E-state index contributed by atoms with van der Waals surface area (Å²) in [7, 11) is 0. The third kappa shape index (κ3) is 4.82. The van der Waals surface area contributed by atoms with E-state index >= 15 is 0 Å². The zero-order chi connectivity index (χ0) is 15.2. The minimum absolute atomic E-state index is 0.0410. The third-order valence-corrected chi connectivity index (χ3v) is 4.74. The first-order chi connectivity index (χ1) is 10.1. The van der Waals surface area contributed by atoms with Crippen LogP contribution >= 0.6 is 34.2 Å². The number of hydrogen-bond donors (Lipinski definition) is 1. The quantitative estimate of drug-likeness (QED) is 0.755. The number of halogens is 2. The van der Waals surface area contributed by atoms with Crippen LogP contribution < -0.4 is 5.32 Å². The van der Waals surface area contributed by atoms with Gasteiger partial charge in [0.25, 0.3) is 5.91 Å². The van der Waals surface area contributed by atoms with Gasteiger partial charge in [-0.3, -0.25) is 9.59 Å². The lowest BCUT2D eigenvalue weighted by Gasteiger charge is -2.26. The molecular weight excluding hydrogens is 407 g/mol. The molecule has 1 aliphatic rings. The zero-order valence-corrected chi connectivity index (χ0v) is 14.3. The Morgan fingerprint density at radius 1 is 1.33 bits per heavy atom. The number of carbonyl (C=O) groups is 2. The molecule has 0 saturated carbocycles. The predicted molar refractivity (Wildman–Crippen MR) is 88.5 cm³/mol. The summed E-state index contributed by atoms with van der Waals surface area (Å²) in [6.45, 7) is 2.73. The van der Waals surface area contributed by atoms with Crippen molar-refractivity contribution in [1.82, 2.24) is 10.2 Å². The Kier molecular flexibility index (Phi) is 6.25. The van der Waals surface area contributed by atoms with Crippen LogP contribution in [-0.2, 0) is 9.53 Å². The van der Waals surface area contributed by atoms with E-state index in [1.165, 1.54) is 0 Å². The average molecular weight is 423 g/mol. The second-order valence-electron chi connectivity index (χ2n) is 4.63. The number of ether oxygens (including phenoxy) is 1. The summed E-state index contributed by atoms with van der Waals surface area (Å²) >= 11 is 8.09. The molecule has 1 saturated heterocycles. The molecule has 0 unspecified atom stereocenters. The maximum atomic E-state index is 11.9. The van der Waals surface area contributed by atoms with Gasteiger partial charge in [-0.25, -0.2) is 0 Å². The van der Waals surface area contributed by atoms with E-state index in [4.69, 9.17) is 16.3 Å². The number of nitrogens with one attached hydrogen (secondary N) is 1. The lowest BCUT2D eigenvalue weighted by atomic mass is 10.2. The summed E-state index contributed by atoms with van der Waals surface area (Å²) in [5, 5.41) is 3.29. The van der Waals surface area contributed by atoms with Crippen molar-refractivity contribution in [1.29, 1.82) is 0 Å². The second kappa shape index (κ2) is 7.95. The van der Waals surface area contributed by atoms with Gasteiger partial charge in [-0.05, 0) is 40.8 Å². The van der Waals surface area contributed by atoms with Gasteiger partial charge < -0.3 is 15.0 Å². The molecule has 1 heterocycles. The highest BCUT2D eigenvalue weighted by atomic mass is 127. The molecule has 1 aromatic carbocycles. The summed E-state index contributed by atoms with van der Waals surface area (Å²) in [5.41, 5.74) is 0.499. The number of benzene rings is 1. The van der Waals surface area contributed by atoms with Crippen LogP contribution in [0.5, 0.6) is 0 Å². The number of morpholine rings is 1. The van der Waals surface area contributed by atoms with Crippen LogP contribution in [0.25, 0.3) is 0 Å². The number of nitrogens with zero attached hydrogens (tertiary/aromatic N) is 1. The van der Waals surface area contributed by atoms with Gasteiger partial charge in [-0.15, -0.1) is 0 Å². The molecular formula is C14H16ClIN2O3. The molecule has 2 amide bonds. The highest BCUT2D eigenvalue weighted by Crippen LogP contribution is 2.19. The molecule has 114 valence electrons. The average Bonchev–Trinajstić information content (AvgIpc) is 2.50. The molecule has 2 rings (SSSR count). The van der Waals surface area contributed by atoms with E-state index in [-0.39, 0.29) is 11.8 Å². The Morgan fingerprint density at radius 2 is 2.05 bits per heavy atom. The standard InChI is InChI=1S/C14H16ClIN2O3/c15-11-9-10(1-2-12(11)16)14(20)17-4-3-13(19)18-5-7-21-8-6-18/h1-2,9H,3-8H2,(H,17,20). The van der Waals surface area contributed by atoms with Crippen molar-refractivity contribution < 1.29 is 14.3 Å². The molecule has 0 bridgehead atoms. The molecule has 7 heteroatoms. The van der Waals surface area contributed by atoms with Crippen molar-refractivity contribution in [2.75, 3.05) is 32.8 Å². The first kappa shape index (κ1) is 16.5. The first-order valence-electron chi connectivity index (χ1n) is 6.66. The fourth-order valence-corrected chi connectivity index (χ4v) is 2.51. The van der Waals surface area contributed by atoms with Gasteiger partial charge in [0.2, 0.25) is 5.91 Å².